The van der Waals surface area contributed by atoms with E-state index in [1.54, 1.807) is 24.3 Å². The number of hydrogen-bond donors (Lipinski definition) is 1. The fourth-order valence-electron chi connectivity index (χ4n) is 2.03. The Labute approximate surface area is 131 Å². The van der Waals surface area contributed by atoms with E-state index in [0.29, 0.717) is 6.42 Å². The molecule has 3 nitrogen and oxygen atoms in total. The van der Waals surface area contributed by atoms with Gasteiger partial charge in [-0.05, 0) is 31.0 Å². The fourth-order valence-corrected chi connectivity index (χ4v) is 3.54. The number of hydrogen-bond acceptors (Lipinski definition) is 2. The average molecular weight is 324 g/mol. The Morgan fingerprint density at radius 2 is 1.67 bits per heavy atom. The lowest BCUT2D eigenvalue weighted by molar-refractivity contribution is 0.561. The van der Waals surface area contributed by atoms with E-state index in [4.69, 9.17) is 11.6 Å². The van der Waals surface area contributed by atoms with E-state index < -0.39 is 10.0 Å². The van der Waals surface area contributed by atoms with Gasteiger partial charge in [-0.1, -0.05) is 48.0 Å². The zero-order valence-electron chi connectivity index (χ0n) is 11.8. The Bertz CT molecular complexity index is 669. The molecule has 0 saturated carbocycles. The highest BCUT2D eigenvalue weighted by molar-refractivity contribution is 7.89. The van der Waals surface area contributed by atoms with Crippen LogP contribution >= 0.6 is 11.6 Å². The molecule has 2 aromatic rings. The lowest BCUT2D eigenvalue weighted by atomic mass is 10.1. The van der Waals surface area contributed by atoms with Crippen molar-refractivity contribution in [3.8, 4) is 0 Å². The highest BCUT2D eigenvalue weighted by Gasteiger charge is 2.19. The monoisotopic (exact) mass is 323 g/mol. The second-order valence-corrected chi connectivity index (χ2v) is 7.00. The summed E-state index contributed by atoms with van der Waals surface area (Å²) < 4.78 is 27.3. The van der Waals surface area contributed by atoms with Crippen molar-refractivity contribution in [2.24, 2.45) is 0 Å². The molecule has 0 aliphatic heterocycles. The lowest BCUT2D eigenvalue weighted by Crippen LogP contribution is -2.37. The smallest absolute Gasteiger partial charge is 0.207 e. The molecule has 0 heterocycles. The molecule has 0 aliphatic carbocycles. The molecule has 0 saturated heterocycles. The van der Waals surface area contributed by atoms with Crippen LogP contribution < -0.4 is 4.72 Å². The largest absolute Gasteiger partial charge is 0.240 e. The summed E-state index contributed by atoms with van der Waals surface area (Å²) in [4.78, 5) is 0.260. The molecular formula is C16H18ClNO2S. The van der Waals surface area contributed by atoms with E-state index in [1.807, 2.05) is 37.3 Å². The summed E-state index contributed by atoms with van der Waals surface area (Å²) in [6, 6.07) is 16.1. The maximum atomic E-state index is 12.3. The third kappa shape index (κ3) is 4.56. The van der Waals surface area contributed by atoms with Gasteiger partial charge in [0, 0.05) is 11.9 Å². The zero-order chi connectivity index (χ0) is 15.3. The number of rotatable bonds is 6. The van der Waals surface area contributed by atoms with Gasteiger partial charge in [0.05, 0.1) is 4.90 Å². The van der Waals surface area contributed by atoms with Crippen LogP contribution in [-0.4, -0.2) is 20.3 Å². The van der Waals surface area contributed by atoms with Gasteiger partial charge in [-0.3, -0.25) is 0 Å². The summed E-state index contributed by atoms with van der Waals surface area (Å²) >= 11 is 5.91. The molecular weight excluding hydrogens is 306 g/mol. The summed E-state index contributed by atoms with van der Waals surface area (Å²) in [6.07, 6.45) is 0.565. The fraction of sp³-hybridized carbons (Fsp3) is 0.250. The number of sulfonamides is 1. The van der Waals surface area contributed by atoms with Crippen LogP contribution in [0.1, 0.15) is 11.1 Å². The van der Waals surface area contributed by atoms with Crippen LogP contribution in [0, 0.1) is 6.92 Å². The van der Waals surface area contributed by atoms with Crippen molar-refractivity contribution < 1.29 is 8.42 Å². The van der Waals surface area contributed by atoms with Crippen molar-refractivity contribution in [2.45, 2.75) is 24.3 Å². The van der Waals surface area contributed by atoms with Crippen LogP contribution in [0.15, 0.2) is 59.5 Å². The number of alkyl halides is 1. The van der Waals surface area contributed by atoms with Gasteiger partial charge < -0.3 is 0 Å². The van der Waals surface area contributed by atoms with Gasteiger partial charge in [0.25, 0.3) is 0 Å². The minimum Gasteiger partial charge on any atom is -0.207 e. The highest BCUT2D eigenvalue weighted by Crippen LogP contribution is 2.12. The normalized spacial score (nSPS) is 13.0. The van der Waals surface area contributed by atoms with Crippen LogP contribution in [0.2, 0.25) is 0 Å². The minimum atomic E-state index is -3.54. The number of halogens is 1. The topological polar surface area (TPSA) is 46.2 Å². The summed E-state index contributed by atoms with van der Waals surface area (Å²) in [6.45, 7) is 1.92. The summed E-state index contributed by atoms with van der Waals surface area (Å²) in [5.74, 6) is 0.222. The Morgan fingerprint density at radius 1 is 1.05 bits per heavy atom. The Hall–Kier alpha value is -1.36. The van der Waals surface area contributed by atoms with Gasteiger partial charge in [0.15, 0.2) is 0 Å². The third-order valence-corrected chi connectivity index (χ3v) is 5.07. The summed E-state index contributed by atoms with van der Waals surface area (Å²) in [5, 5.41) is 0. The molecule has 0 amide bonds. The minimum absolute atomic E-state index is 0.222. The molecule has 0 radical (unpaired) electrons. The highest BCUT2D eigenvalue weighted by atomic mass is 35.5. The maximum absolute atomic E-state index is 12.3. The molecule has 0 fully saturated rings. The average Bonchev–Trinajstić information content (AvgIpc) is 2.48. The zero-order valence-corrected chi connectivity index (χ0v) is 13.4. The third-order valence-electron chi connectivity index (χ3n) is 3.16. The van der Waals surface area contributed by atoms with Crippen LogP contribution in [0.3, 0.4) is 0 Å². The predicted octanol–water partition coefficient (Wildman–Crippen LogP) is 3.12. The van der Waals surface area contributed by atoms with Gasteiger partial charge in [-0.15, -0.1) is 11.6 Å². The second-order valence-electron chi connectivity index (χ2n) is 4.98. The molecule has 112 valence electrons. The summed E-state index contributed by atoms with van der Waals surface area (Å²) in [5.41, 5.74) is 2.07. The Kier molecular flexibility index (Phi) is 5.39. The van der Waals surface area contributed by atoms with Crippen molar-refractivity contribution in [1.29, 1.82) is 0 Å². The molecule has 1 atom stereocenters. The Morgan fingerprint density at radius 3 is 2.24 bits per heavy atom. The van der Waals surface area contributed by atoms with Crippen molar-refractivity contribution in [1.82, 2.24) is 4.72 Å². The van der Waals surface area contributed by atoms with E-state index in [-0.39, 0.29) is 16.8 Å². The van der Waals surface area contributed by atoms with Crippen LogP contribution in [0.5, 0.6) is 0 Å². The molecule has 2 rings (SSSR count). The van der Waals surface area contributed by atoms with Crippen LogP contribution in [0.4, 0.5) is 0 Å². The summed E-state index contributed by atoms with van der Waals surface area (Å²) in [7, 11) is -3.54. The van der Waals surface area contributed by atoms with Crippen molar-refractivity contribution in [3.63, 3.8) is 0 Å². The van der Waals surface area contributed by atoms with Crippen LogP contribution in [0.25, 0.3) is 0 Å². The van der Waals surface area contributed by atoms with Gasteiger partial charge in [0.1, 0.15) is 0 Å². The van der Waals surface area contributed by atoms with Crippen molar-refractivity contribution in [3.05, 3.63) is 65.7 Å². The van der Waals surface area contributed by atoms with Gasteiger partial charge in [0.2, 0.25) is 10.0 Å². The standard InChI is InChI=1S/C16H18ClNO2S/c1-13-7-9-16(10-8-13)21(19,20)18-15(12-17)11-14-5-3-2-4-6-14/h2-10,15,18H,11-12H2,1H3/t15-/m1/s1. The SMILES string of the molecule is Cc1ccc(S(=O)(=O)N[C@@H](CCl)Cc2ccccc2)cc1. The first kappa shape index (κ1) is 16.0. The van der Waals surface area contributed by atoms with E-state index in [0.717, 1.165) is 11.1 Å². The predicted molar refractivity (Wildman–Crippen MR) is 86.2 cm³/mol. The molecule has 0 bridgehead atoms. The second kappa shape index (κ2) is 7.07. The molecule has 2 aromatic carbocycles. The maximum Gasteiger partial charge on any atom is 0.240 e. The number of nitrogens with one attached hydrogen (secondary N) is 1. The van der Waals surface area contributed by atoms with E-state index >= 15 is 0 Å². The number of benzene rings is 2. The molecule has 21 heavy (non-hydrogen) atoms. The molecule has 0 spiro atoms. The van der Waals surface area contributed by atoms with Crippen molar-refractivity contribution >= 4 is 21.6 Å². The van der Waals surface area contributed by atoms with Gasteiger partial charge in [-0.25, -0.2) is 13.1 Å². The van der Waals surface area contributed by atoms with E-state index in [2.05, 4.69) is 4.72 Å². The van der Waals surface area contributed by atoms with Crippen LogP contribution in [-0.2, 0) is 16.4 Å². The van der Waals surface area contributed by atoms with Gasteiger partial charge >= 0.3 is 0 Å². The molecule has 1 N–H and O–H groups in total. The molecule has 5 heteroatoms. The number of aryl methyl sites for hydroxylation is 1. The first-order valence-corrected chi connectivity index (χ1v) is 8.72. The van der Waals surface area contributed by atoms with E-state index in [9.17, 15) is 8.42 Å². The van der Waals surface area contributed by atoms with E-state index in [1.165, 1.54) is 0 Å². The lowest BCUT2D eigenvalue weighted by Gasteiger charge is -2.16. The van der Waals surface area contributed by atoms with Crippen molar-refractivity contribution in [2.75, 3.05) is 5.88 Å². The molecule has 0 aliphatic rings. The molecule has 0 unspecified atom stereocenters. The first-order valence-electron chi connectivity index (χ1n) is 6.70. The molecule has 0 aromatic heterocycles. The van der Waals surface area contributed by atoms with Gasteiger partial charge in [-0.2, -0.15) is 0 Å². The Balaban J connectivity index is 2.12. The first-order chi connectivity index (χ1) is 10.0. The quantitative estimate of drug-likeness (QED) is 0.830.